The van der Waals surface area contributed by atoms with Gasteiger partial charge < -0.3 is 50.7 Å². The molecule has 388 valence electrons. The van der Waals surface area contributed by atoms with Crippen molar-refractivity contribution in [1.82, 2.24) is 49.9 Å². The van der Waals surface area contributed by atoms with Gasteiger partial charge in [0.15, 0.2) is 67.5 Å². The smallest absolute Gasteiger partial charge is 0.191 e. The van der Waals surface area contributed by atoms with E-state index >= 15 is 0 Å². The number of anilines is 2. The first kappa shape index (κ1) is 52.0. The lowest BCUT2D eigenvalue weighted by Gasteiger charge is -2.17. The molecule has 0 spiro atoms. The molecule has 26 heteroatoms. The first-order chi connectivity index (χ1) is 34.8. The van der Waals surface area contributed by atoms with Crippen LogP contribution in [0.15, 0.2) is 46.7 Å². The topological polar surface area (TPSA) is 277 Å². The number of ether oxygens (including phenoxy) is 2. The van der Waals surface area contributed by atoms with Crippen LogP contribution in [-0.2, 0) is 9.47 Å². The van der Waals surface area contributed by atoms with Crippen molar-refractivity contribution in [3.63, 3.8) is 0 Å². The first-order valence-corrected chi connectivity index (χ1v) is 25.9. The van der Waals surface area contributed by atoms with Crippen molar-refractivity contribution in [3.8, 4) is 0 Å². The van der Waals surface area contributed by atoms with E-state index in [0.29, 0.717) is 55.4 Å². The van der Waals surface area contributed by atoms with Crippen molar-refractivity contribution in [2.75, 3.05) is 48.6 Å². The van der Waals surface area contributed by atoms with Gasteiger partial charge in [-0.25, -0.2) is 46.9 Å². The molecule has 2 aromatic carbocycles. The molecule has 4 fully saturated rings. The summed E-state index contributed by atoms with van der Waals surface area (Å²) in [6.45, 7) is 3.82. The minimum absolute atomic E-state index is 0.00291. The predicted octanol–water partition coefficient (Wildman–Crippen LogP) is 4.03. The lowest BCUT2D eigenvalue weighted by molar-refractivity contribution is -0.0629. The molecule has 0 unspecified atom stereocenters. The van der Waals surface area contributed by atoms with Crippen LogP contribution >= 0.6 is 23.5 Å². The summed E-state index contributed by atoms with van der Waals surface area (Å²) in [6.07, 6.45) is -2.08. The number of rotatable bonds is 20. The average Bonchev–Trinajstić information content (AvgIpc) is 4.14. The highest BCUT2D eigenvalue weighted by Crippen LogP contribution is 2.46. The van der Waals surface area contributed by atoms with Crippen LogP contribution in [-0.4, -0.2) is 167 Å². The van der Waals surface area contributed by atoms with Gasteiger partial charge in [0.05, 0.1) is 50.7 Å². The lowest BCUT2D eigenvalue weighted by Crippen LogP contribution is -2.33. The fourth-order valence-electron chi connectivity index (χ4n) is 9.23. The third kappa shape index (κ3) is 11.1. The van der Waals surface area contributed by atoms with Crippen LogP contribution in [0.5, 0.6) is 0 Å². The Bertz CT molecular complexity index is 2650. The normalized spacial score (nSPS) is 27.6. The number of thioether (sulfide) groups is 2. The first-order valence-electron chi connectivity index (χ1n) is 23.9. The van der Waals surface area contributed by atoms with E-state index in [-0.39, 0.29) is 63.2 Å². The Hall–Kier alpha value is -4.90. The number of nitrogens with one attached hydrogen (secondary N) is 2. The molecular weight excluding hydrogens is 989 g/mol. The summed E-state index contributed by atoms with van der Waals surface area (Å²) in [5, 5.41) is 85.1. The Balaban J connectivity index is 0.000000178. The SMILES string of the molecule is CCCSc1nc(N[C@H]2C[C@H]2c2ccc(F)c(F)c2)c2nnn([C@@H]3C[C@H](OCCO)[C@H](O)[C@@H]3O)c2n1.CCCSc1nc(N[C@H]2C[C@H]2c2ccc(F)c(F)c2)c2nnn([C@H]3C[C@@H](OCCO)[C@@H](O)[C@H]3O)c2n1. The highest BCUT2D eigenvalue weighted by molar-refractivity contribution is 7.99. The molecule has 72 heavy (non-hydrogen) atoms. The minimum Gasteiger partial charge on any atom is -0.394 e. The zero-order valence-corrected chi connectivity index (χ0v) is 40.8. The van der Waals surface area contributed by atoms with Crippen LogP contribution in [0, 0.1) is 23.3 Å². The van der Waals surface area contributed by atoms with E-state index in [0.717, 1.165) is 49.3 Å². The average molecular weight is 1050 g/mol. The molecule has 8 N–H and O–H groups in total. The number of fused-ring (bicyclic) bond motifs is 2. The fourth-order valence-corrected chi connectivity index (χ4v) is 10.6. The Morgan fingerprint density at radius 2 is 1.00 bits per heavy atom. The molecule has 0 amide bonds. The molecule has 4 aliphatic rings. The molecule has 4 heterocycles. The molecule has 0 aliphatic heterocycles. The third-order valence-electron chi connectivity index (χ3n) is 13.1. The predicted molar refractivity (Wildman–Crippen MR) is 256 cm³/mol. The van der Waals surface area contributed by atoms with E-state index in [1.54, 1.807) is 12.1 Å². The third-order valence-corrected chi connectivity index (χ3v) is 15.2. The van der Waals surface area contributed by atoms with E-state index in [9.17, 15) is 38.0 Å². The van der Waals surface area contributed by atoms with Crippen molar-refractivity contribution in [3.05, 3.63) is 70.8 Å². The molecule has 10 rings (SSSR count). The van der Waals surface area contributed by atoms with Gasteiger partial charge in [-0.05, 0) is 61.1 Å². The van der Waals surface area contributed by atoms with Crippen molar-refractivity contribution in [2.45, 2.75) is 135 Å². The summed E-state index contributed by atoms with van der Waals surface area (Å²) in [7, 11) is 0. The number of aliphatic hydroxyl groups excluding tert-OH is 6. The summed E-state index contributed by atoms with van der Waals surface area (Å²) in [5.41, 5.74) is 3.06. The number of aromatic nitrogens is 10. The van der Waals surface area contributed by atoms with Gasteiger partial charge in [0.2, 0.25) is 0 Å². The van der Waals surface area contributed by atoms with Crippen molar-refractivity contribution in [2.24, 2.45) is 0 Å². The van der Waals surface area contributed by atoms with Gasteiger partial charge in [-0.1, -0.05) is 59.9 Å². The van der Waals surface area contributed by atoms with Crippen LogP contribution in [0.1, 0.15) is 87.4 Å². The zero-order chi connectivity index (χ0) is 50.8. The zero-order valence-electron chi connectivity index (χ0n) is 39.2. The second-order valence-corrected chi connectivity index (χ2v) is 20.3. The van der Waals surface area contributed by atoms with Crippen LogP contribution in [0.25, 0.3) is 22.3 Å². The molecular formula is C46H56F4N12O8S2. The highest BCUT2D eigenvalue weighted by atomic mass is 32.2. The lowest BCUT2D eigenvalue weighted by atomic mass is 10.1. The number of aliphatic hydroxyl groups is 6. The van der Waals surface area contributed by atoms with Gasteiger partial charge in [0, 0.05) is 48.3 Å². The summed E-state index contributed by atoms with van der Waals surface area (Å²) >= 11 is 2.96. The monoisotopic (exact) mass is 1040 g/mol. The Kier molecular flexibility index (Phi) is 16.4. The largest absolute Gasteiger partial charge is 0.394 e. The van der Waals surface area contributed by atoms with Gasteiger partial charge in [-0.2, -0.15) is 0 Å². The van der Waals surface area contributed by atoms with Crippen molar-refractivity contribution < 1.29 is 57.7 Å². The molecule has 0 saturated heterocycles. The Morgan fingerprint density at radius 1 is 0.583 bits per heavy atom. The summed E-state index contributed by atoms with van der Waals surface area (Å²) in [4.78, 5) is 18.5. The molecule has 4 aromatic heterocycles. The highest BCUT2D eigenvalue weighted by Gasteiger charge is 2.47. The maximum atomic E-state index is 13.7. The molecule has 0 bridgehead atoms. The Morgan fingerprint density at radius 3 is 1.38 bits per heavy atom. The van der Waals surface area contributed by atoms with Crippen LogP contribution in [0.2, 0.25) is 0 Å². The maximum Gasteiger partial charge on any atom is 0.191 e. The van der Waals surface area contributed by atoms with Crippen LogP contribution < -0.4 is 10.6 Å². The van der Waals surface area contributed by atoms with E-state index in [1.807, 2.05) is 0 Å². The summed E-state index contributed by atoms with van der Waals surface area (Å²) in [5.74, 6) is -0.944. The van der Waals surface area contributed by atoms with Gasteiger partial charge >= 0.3 is 0 Å². The number of hydrogen-bond acceptors (Lipinski definition) is 20. The second-order valence-electron chi connectivity index (χ2n) is 18.2. The van der Waals surface area contributed by atoms with Crippen molar-refractivity contribution in [1.29, 1.82) is 0 Å². The molecule has 20 nitrogen and oxygen atoms in total. The van der Waals surface area contributed by atoms with Crippen molar-refractivity contribution >= 4 is 57.5 Å². The number of halogens is 4. The molecule has 4 aliphatic carbocycles. The van der Waals surface area contributed by atoms with Gasteiger partial charge in [-0.15, -0.1) is 10.2 Å². The van der Waals surface area contributed by atoms with E-state index < -0.39 is 72.0 Å². The number of hydrogen-bond donors (Lipinski definition) is 8. The number of nitrogens with zero attached hydrogens (tertiary/aromatic N) is 10. The molecule has 12 atom stereocenters. The van der Waals surface area contributed by atoms with Gasteiger partial charge in [0.1, 0.15) is 24.4 Å². The van der Waals surface area contributed by atoms with Gasteiger partial charge in [0.25, 0.3) is 0 Å². The van der Waals surface area contributed by atoms with E-state index in [2.05, 4.69) is 65.0 Å². The molecule has 6 aromatic rings. The summed E-state index contributed by atoms with van der Waals surface area (Å²) < 4.78 is 68.0. The minimum atomic E-state index is -1.15. The summed E-state index contributed by atoms with van der Waals surface area (Å²) in [6, 6.07) is 6.53. The van der Waals surface area contributed by atoms with Gasteiger partial charge in [-0.3, -0.25) is 0 Å². The molecule has 4 saturated carbocycles. The second kappa shape index (κ2) is 22.7. The van der Waals surface area contributed by atoms with Crippen LogP contribution in [0.3, 0.4) is 0 Å². The molecule has 0 radical (unpaired) electrons. The fraction of sp³-hybridized carbons (Fsp3) is 0.565. The quantitative estimate of drug-likeness (QED) is 0.0305. The maximum absolute atomic E-state index is 13.7. The standard InChI is InChI=1S/2C23H28F2N6O4S/c2*1-2-7-36-23-27-21(26-15-9-12(15)11-3-4-13(24)14(25)8-11)18-22(28-23)31(30-29-18)16-10-17(35-6-5-32)20(34)19(16)33/h2*3-4,8,12,15-17,19-20,32-34H,2,5-7,9-10H2,1H3,(H,26,27,28)/t12-,15-,16+,17-,19+,20-;12-,15-,16-,17+,19-,20+/m00/s1. The van der Waals surface area contributed by atoms with E-state index in [1.165, 1.54) is 45.0 Å². The number of benzene rings is 2. The van der Waals surface area contributed by atoms with E-state index in [4.69, 9.17) is 19.7 Å². The van der Waals surface area contributed by atoms with Crippen LogP contribution in [0.4, 0.5) is 29.2 Å². The Labute approximate surface area is 418 Å².